The summed E-state index contributed by atoms with van der Waals surface area (Å²) in [5, 5.41) is 9.80. The second kappa shape index (κ2) is 5.88. The number of aromatic nitrogens is 2. The van der Waals surface area contributed by atoms with Gasteiger partial charge in [-0.3, -0.25) is 9.48 Å². The lowest BCUT2D eigenvalue weighted by atomic mass is 10.0. The van der Waals surface area contributed by atoms with Crippen LogP contribution in [0.2, 0.25) is 0 Å². The number of benzene rings is 2. The van der Waals surface area contributed by atoms with E-state index in [0.29, 0.717) is 6.42 Å². The van der Waals surface area contributed by atoms with Gasteiger partial charge in [-0.1, -0.05) is 42.5 Å². The number of fused-ring (bicyclic) bond motifs is 2. The number of amides is 1. The minimum atomic E-state index is 0.0966. The molecular weight excluding hydrogens is 286 g/mol. The van der Waals surface area contributed by atoms with Crippen molar-refractivity contribution in [1.29, 1.82) is 0 Å². The molecule has 1 aliphatic rings. The summed E-state index contributed by atoms with van der Waals surface area (Å²) in [7, 11) is 0. The minimum Gasteiger partial charge on any atom is -0.353 e. The number of hydrogen-bond donors (Lipinski definition) is 1. The van der Waals surface area contributed by atoms with Crippen molar-refractivity contribution in [2.45, 2.75) is 31.8 Å². The first-order valence-electron chi connectivity index (χ1n) is 8.06. The average Bonchev–Trinajstić information content (AvgIpc) is 3.03. The van der Waals surface area contributed by atoms with E-state index in [4.69, 9.17) is 0 Å². The van der Waals surface area contributed by atoms with Gasteiger partial charge in [0.05, 0.1) is 6.42 Å². The predicted molar refractivity (Wildman–Crippen MR) is 90.1 cm³/mol. The minimum absolute atomic E-state index is 0.0966. The van der Waals surface area contributed by atoms with Crippen molar-refractivity contribution in [3.63, 3.8) is 0 Å². The first kappa shape index (κ1) is 14.0. The Bertz CT molecular complexity index is 847. The van der Waals surface area contributed by atoms with Crippen molar-refractivity contribution in [2.75, 3.05) is 0 Å². The van der Waals surface area contributed by atoms with E-state index in [1.165, 1.54) is 11.1 Å². The Morgan fingerprint density at radius 3 is 3.00 bits per heavy atom. The summed E-state index contributed by atoms with van der Waals surface area (Å²) in [4.78, 5) is 12.4. The van der Waals surface area contributed by atoms with Crippen LogP contribution in [0.3, 0.4) is 0 Å². The zero-order chi connectivity index (χ0) is 15.6. The van der Waals surface area contributed by atoms with E-state index in [-0.39, 0.29) is 11.9 Å². The van der Waals surface area contributed by atoms with Crippen molar-refractivity contribution < 1.29 is 4.79 Å². The smallest absolute Gasteiger partial charge is 0.224 e. The lowest BCUT2D eigenvalue weighted by Crippen LogP contribution is -2.40. The lowest BCUT2D eigenvalue weighted by molar-refractivity contribution is -0.121. The molecule has 0 unspecified atom stereocenters. The topological polar surface area (TPSA) is 46.9 Å². The van der Waals surface area contributed by atoms with Crippen LogP contribution in [0.5, 0.6) is 0 Å². The summed E-state index contributed by atoms with van der Waals surface area (Å²) in [5.74, 6) is 0.0966. The van der Waals surface area contributed by atoms with Crippen LogP contribution in [0.15, 0.2) is 54.7 Å². The molecule has 4 rings (SSSR count). The van der Waals surface area contributed by atoms with Crippen LogP contribution in [0.25, 0.3) is 10.8 Å². The maximum Gasteiger partial charge on any atom is 0.224 e. The molecule has 1 amide bonds. The molecule has 23 heavy (non-hydrogen) atoms. The summed E-state index contributed by atoms with van der Waals surface area (Å²) >= 11 is 0. The van der Waals surface area contributed by atoms with E-state index >= 15 is 0 Å². The first-order chi connectivity index (χ1) is 11.3. The van der Waals surface area contributed by atoms with Crippen LogP contribution >= 0.6 is 0 Å². The van der Waals surface area contributed by atoms with Crippen molar-refractivity contribution in [1.82, 2.24) is 15.1 Å². The Morgan fingerprint density at radius 1 is 1.17 bits per heavy atom. The third-order valence-corrected chi connectivity index (χ3v) is 4.55. The van der Waals surface area contributed by atoms with Crippen LogP contribution in [0, 0.1) is 0 Å². The molecule has 2 heterocycles. The summed E-state index contributed by atoms with van der Waals surface area (Å²) in [6.45, 7) is 0.877. The highest BCUT2D eigenvalue weighted by atomic mass is 16.1. The van der Waals surface area contributed by atoms with Crippen LogP contribution in [-0.4, -0.2) is 21.7 Å². The van der Waals surface area contributed by atoms with Gasteiger partial charge in [-0.15, -0.1) is 0 Å². The molecule has 0 spiro atoms. The van der Waals surface area contributed by atoms with Gasteiger partial charge in [-0.05, 0) is 28.8 Å². The molecule has 4 nitrogen and oxygen atoms in total. The quantitative estimate of drug-likeness (QED) is 0.809. The van der Waals surface area contributed by atoms with Crippen LogP contribution < -0.4 is 5.32 Å². The van der Waals surface area contributed by atoms with Crippen molar-refractivity contribution in [3.8, 4) is 0 Å². The Labute approximate surface area is 135 Å². The van der Waals surface area contributed by atoms with E-state index in [2.05, 4.69) is 28.6 Å². The van der Waals surface area contributed by atoms with Gasteiger partial charge in [0.15, 0.2) is 0 Å². The SMILES string of the molecule is O=C(Cc1cccc2ccccc12)N[C@H]1CCn2nccc2C1. The molecule has 0 bridgehead atoms. The molecule has 0 saturated heterocycles. The maximum atomic E-state index is 12.4. The van der Waals surface area contributed by atoms with Crippen LogP contribution in [-0.2, 0) is 24.2 Å². The van der Waals surface area contributed by atoms with Gasteiger partial charge in [0, 0.05) is 30.9 Å². The Kier molecular flexibility index (Phi) is 3.58. The Morgan fingerprint density at radius 2 is 2.04 bits per heavy atom. The molecule has 0 fully saturated rings. The maximum absolute atomic E-state index is 12.4. The number of carbonyl (C=O) groups excluding carboxylic acids is 1. The van der Waals surface area contributed by atoms with E-state index in [0.717, 1.165) is 30.3 Å². The Hall–Kier alpha value is -2.62. The molecule has 0 saturated carbocycles. The number of nitrogens with one attached hydrogen (secondary N) is 1. The highest BCUT2D eigenvalue weighted by molar-refractivity contribution is 5.90. The predicted octanol–water partition coefficient (Wildman–Crippen LogP) is 2.71. The molecule has 2 aromatic carbocycles. The van der Waals surface area contributed by atoms with E-state index in [9.17, 15) is 4.79 Å². The van der Waals surface area contributed by atoms with Crippen molar-refractivity contribution >= 4 is 16.7 Å². The molecule has 0 radical (unpaired) electrons. The molecule has 3 aromatic rings. The molecule has 4 heteroatoms. The van der Waals surface area contributed by atoms with Crippen molar-refractivity contribution in [2.24, 2.45) is 0 Å². The van der Waals surface area contributed by atoms with Gasteiger partial charge < -0.3 is 5.32 Å². The summed E-state index contributed by atoms with van der Waals surface area (Å²) in [6.07, 6.45) is 4.06. The van der Waals surface area contributed by atoms with E-state index in [1.807, 2.05) is 41.2 Å². The highest BCUT2D eigenvalue weighted by Crippen LogP contribution is 2.19. The van der Waals surface area contributed by atoms with Crippen LogP contribution in [0.4, 0.5) is 0 Å². The molecule has 116 valence electrons. The van der Waals surface area contributed by atoms with Gasteiger partial charge >= 0.3 is 0 Å². The number of hydrogen-bond acceptors (Lipinski definition) is 2. The first-order valence-corrected chi connectivity index (χ1v) is 8.06. The van der Waals surface area contributed by atoms with Gasteiger partial charge in [-0.25, -0.2) is 0 Å². The fourth-order valence-electron chi connectivity index (χ4n) is 3.39. The average molecular weight is 305 g/mol. The summed E-state index contributed by atoms with van der Waals surface area (Å²) < 4.78 is 2.02. The number of aryl methyl sites for hydroxylation is 1. The molecule has 1 atom stereocenters. The molecular formula is C19H19N3O. The second-order valence-electron chi connectivity index (χ2n) is 6.12. The largest absolute Gasteiger partial charge is 0.353 e. The molecule has 1 aromatic heterocycles. The van der Waals surface area contributed by atoms with Gasteiger partial charge in [0.2, 0.25) is 5.91 Å². The van der Waals surface area contributed by atoms with Crippen LogP contribution in [0.1, 0.15) is 17.7 Å². The molecule has 1 N–H and O–H groups in total. The van der Waals surface area contributed by atoms with Gasteiger partial charge in [0.1, 0.15) is 0 Å². The summed E-state index contributed by atoms with van der Waals surface area (Å²) in [6, 6.07) is 16.6. The van der Waals surface area contributed by atoms with Crippen molar-refractivity contribution in [3.05, 3.63) is 66.0 Å². The fourth-order valence-corrected chi connectivity index (χ4v) is 3.39. The second-order valence-corrected chi connectivity index (χ2v) is 6.12. The third kappa shape index (κ3) is 2.84. The molecule has 0 aliphatic carbocycles. The third-order valence-electron chi connectivity index (χ3n) is 4.55. The normalized spacial score (nSPS) is 17.0. The summed E-state index contributed by atoms with van der Waals surface area (Å²) in [5.41, 5.74) is 2.29. The van der Waals surface area contributed by atoms with Gasteiger partial charge in [-0.2, -0.15) is 5.10 Å². The number of nitrogens with zero attached hydrogens (tertiary/aromatic N) is 2. The number of carbonyl (C=O) groups is 1. The van der Waals surface area contributed by atoms with Gasteiger partial charge in [0.25, 0.3) is 0 Å². The Balaban J connectivity index is 1.46. The van der Waals surface area contributed by atoms with E-state index in [1.54, 1.807) is 0 Å². The number of rotatable bonds is 3. The fraction of sp³-hybridized carbons (Fsp3) is 0.263. The van der Waals surface area contributed by atoms with E-state index < -0.39 is 0 Å². The zero-order valence-electron chi connectivity index (χ0n) is 12.9. The lowest BCUT2D eigenvalue weighted by Gasteiger charge is -2.24. The monoisotopic (exact) mass is 305 g/mol. The molecule has 1 aliphatic heterocycles. The zero-order valence-corrected chi connectivity index (χ0v) is 12.9. The highest BCUT2D eigenvalue weighted by Gasteiger charge is 2.20. The standard InChI is InChI=1S/C19H19N3O/c23-19(21-16-9-11-22-17(13-16)8-10-20-22)12-15-6-3-5-14-4-1-2-7-18(14)15/h1-8,10,16H,9,11-13H2,(H,21,23)/t16-/m0/s1.